The van der Waals surface area contributed by atoms with Crippen molar-refractivity contribution in [1.82, 2.24) is 0 Å². The summed E-state index contributed by atoms with van der Waals surface area (Å²) in [6.45, 7) is 8.05. The first-order valence-electron chi connectivity index (χ1n) is 8.62. The average molecular weight is 373 g/mol. The summed E-state index contributed by atoms with van der Waals surface area (Å²) in [6.07, 6.45) is 0.184. The summed E-state index contributed by atoms with van der Waals surface area (Å²) in [5, 5.41) is 3.45. The van der Waals surface area contributed by atoms with Gasteiger partial charge in [0.1, 0.15) is 0 Å². The van der Waals surface area contributed by atoms with Crippen LogP contribution >= 0.6 is 11.6 Å². The minimum atomic E-state index is -0.152. The Hall–Kier alpha value is -2.33. The molecule has 0 radical (unpaired) electrons. The van der Waals surface area contributed by atoms with E-state index in [1.165, 1.54) is 11.8 Å². The number of nitrogens with one attached hydrogen (secondary N) is 1. The van der Waals surface area contributed by atoms with E-state index in [1.807, 2.05) is 30.3 Å². The quantitative estimate of drug-likeness (QED) is 0.801. The molecule has 0 saturated heterocycles. The minimum absolute atomic E-state index is 0.0765. The van der Waals surface area contributed by atoms with Crippen molar-refractivity contribution in [1.29, 1.82) is 0 Å². The van der Waals surface area contributed by atoms with E-state index in [0.29, 0.717) is 10.7 Å². The first kappa shape index (κ1) is 20.0. The molecule has 2 amide bonds. The second-order valence-corrected chi connectivity index (χ2v) is 7.62. The fourth-order valence-corrected chi connectivity index (χ4v) is 3.03. The van der Waals surface area contributed by atoms with Crippen LogP contribution in [0.2, 0.25) is 5.02 Å². The lowest BCUT2D eigenvalue weighted by molar-refractivity contribution is -0.117. The maximum absolute atomic E-state index is 12.5. The highest BCUT2D eigenvalue weighted by Gasteiger charge is 2.20. The molecule has 0 bridgehead atoms. The maximum atomic E-state index is 12.5. The van der Waals surface area contributed by atoms with Crippen LogP contribution in [0.15, 0.2) is 48.5 Å². The predicted molar refractivity (Wildman–Crippen MR) is 108 cm³/mol. The maximum Gasteiger partial charge on any atom is 0.226 e. The number of nitrogens with zero attached hydrogens (tertiary/aromatic N) is 1. The van der Waals surface area contributed by atoms with Crippen molar-refractivity contribution in [3.05, 3.63) is 59.1 Å². The van der Waals surface area contributed by atoms with Crippen molar-refractivity contribution in [3.63, 3.8) is 0 Å². The van der Waals surface area contributed by atoms with Gasteiger partial charge >= 0.3 is 0 Å². The Bertz CT molecular complexity index is 797. The molecule has 138 valence electrons. The van der Waals surface area contributed by atoms with E-state index in [9.17, 15) is 9.59 Å². The zero-order chi connectivity index (χ0) is 19.3. The number of para-hydroxylation sites is 2. The normalized spacial score (nSPS) is 11.1. The summed E-state index contributed by atoms with van der Waals surface area (Å²) in [7, 11) is 0. The molecule has 0 aliphatic carbocycles. The van der Waals surface area contributed by atoms with E-state index in [2.05, 4.69) is 26.1 Å². The van der Waals surface area contributed by atoms with Gasteiger partial charge in [0.25, 0.3) is 0 Å². The molecule has 5 heteroatoms. The Morgan fingerprint density at radius 2 is 1.65 bits per heavy atom. The molecular weight excluding hydrogens is 348 g/mol. The lowest BCUT2D eigenvalue weighted by Crippen LogP contribution is -2.32. The SMILES string of the molecule is CC(=O)N(CCC(=O)Nc1ccccc1C(C)(C)C)c1ccccc1Cl. The van der Waals surface area contributed by atoms with E-state index in [4.69, 9.17) is 11.6 Å². The molecule has 0 unspecified atom stereocenters. The third-order valence-electron chi connectivity index (χ3n) is 4.09. The van der Waals surface area contributed by atoms with Gasteiger partial charge in [-0.15, -0.1) is 0 Å². The van der Waals surface area contributed by atoms with Gasteiger partial charge in [0, 0.05) is 25.6 Å². The van der Waals surface area contributed by atoms with E-state index in [-0.39, 0.29) is 30.2 Å². The summed E-state index contributed by atoms with van der Waals surface area (Å²) in [4.78, 5) is 26.0. The van der Waals surface area contributed by atoms with Crippen LogP contribution in [0.5, 0.6) is 0 Å². The van der Waals surface area contributed by atoms with Gasteiger partial charge in [0.15, 0.2) is 0 Å². The Balaban J connectivity index is 2.09. The van der Waals surface area contributed by atoms with Gasteiger partial charge in [0.2, 0.25) is 11.8 Å². The van der Waals surface area contributed by atoms with Gasteiger partial charge in [-0.2, -0.15) is 0 Å². The van der Waals surface area contributed by atoms with Crippen LogP contribution in [0.3, 0.4) is 0 Å². The number of amides is 2. The summed E-state index contributed by atoms with van der Waals surface area (Å²) < 4.78 is 0. The van der Waals surface area contributed by atoms with Gasteiger partial charge in [-0.25, -0.2) is 0 Å². The van der Waals surface area contributed by atoms with E-state index < -0.39 is 0 Å². The largest absolute Gasteiger partial charge is 0.326 e. The Morgan fingerprint density at radius 3 is 2.27 bits per heavy atom. The predicted octanol–water partition coefficient (Wildman–Crippen LogP) is 5.02. The fraction of sp³-hybridized carbons (Fsp3) is 0.333. The Kier molecular flexibility index (Phi) is 6.43. The monoisotopic (exact) mass is 372 g/mol. The molecule has 2 aromatic rings. The van der Waals surface area contributed by atoms with Crippen LogP contribution in [-0.2, 0) is 15.0 Å². The highest BCUT2D eigenvalue weighted by Crippen LogP contribution is 2.29. The third kappa shape index (κ3) is 5.09. The van der Waals surface area contributed by atoms with E-state index >= 15 is 0 Å². The number of halogens is 1. The first-order valence-corrected chi connectivity index (χ1v) is 9.00. The van der Waals surface area contributed by atoms with Crippen molar-refractivity contribution < 1.29 is 9.59 Å². The molecule has 0 heterocycles. The van der Waals surface area contributed by atoms with E-state index in [0.717, 1.165) is 11.3 Å². The summed E-state index contributed by atoms with van der Waals surface area (Å²) in [6, 6.07) is 14.9. The highest BCUT2D eigenvalue weighted by atomic mass is 35.5. The van der Waals surface area contributed by atoms with Gasteiger partial charge < -0.3 is 10.2 Å². The van der Waals surface area contributed by atoms with Crippen molar-refractivity contribution >= 4 is 34.8 Å². The molecular formula is C21H25ClN2O2. The van der Waals surface area contributed by atoms with Crippen LogP contribution in [-0.4, -0.2) is 18.4 Å². The smallest absolute Gasteiger partial charge is 0.226 e. The average Bonchev–Trinajstić information content (AvgIpc) is 2.56. The first-order chi connectivity index (χ1) is 12.2. The third-order valence-corrected chi connectivity index (χ3v) is 4.41. The number of carbonyl (C=O) groups is 2. The Morgan fingerprint density at radius 1 is 1.04 bits per heavy atom. The molecule has 0 aliphatic rings. The molecule has 4 nitrogen and oxygen atoms in total. The molecule has 26 heavy (non-hydrogen) atoms. The van der Waals surface area contributed by atoms with Gasteiger partial charge in [0.05, 0.1) is 10.7 Å². The minimum Gasteiger partial charge on any atom is -0.326 e. The van der Waals surface area contributed by atoms with Crippen LogP contribution in [0, 0.1) is 0 Å². The summed E-state index contributed by atoms with van der Waals surface area (Å²) in [5.74, 6) is -0.291. The van der Waals surface area contributed by atoms with Crippen molar-refractivity contribution in [3.8, 4) is 0 Å². The second kappa shape index (κ2) is 8.37. The number of carbonyl (C=O) groups excluding carboxylic acids is 2. The van der Waals surface area contributed by atoms with Gasteiger partial charge in [-0.1, -0.05) is 62.7 Å². The van der Waals surface area contributed by atoms with Crippen molar-refractivity contribution in [2.75, 3.05) is 16.8 Å². The van der Waals surface area contributed by atoms with Gasteiger partial charge in [-0.05, 0) is 29.2 Å². The number of benzene rings is 2. The number of hydrogen-bond donors (Lipinski definition) is 1. The molecule has 0 aromatic heterocycles. The molecule has 0 fully saturated rings. The summed E-state index contributed by atoms with van der Waals surface area (Å²) >= 11 is 6.18. The van der Waals surface area contributed by atoms with Crippen LogP contribution in [0.4, 0.5) is 11.4 Å². The highest BCUT2D eigenvalue weighted by molar-refractivity contribution is 6.33. The second-order valence-electron chi connectivity index (χ2n) is 7.22. The molecule has 1 N–H and O–H groups in total. The van der Waals surface area contributed by atoms with Crippen molar-refractivity contribution in [2.24, 2.45) is 0 Å². The Labute approximate surface area is 160 Å². The molecule has 0 atom stereocenters. The topological polar surface area (TPSA) is 49.4 Å². The molecule has 0 aliphatic heterocycles. The molecule has 2 aromatic carbocycles. The fourth-order valence-electron chi connectivity index (χ4n) is 2.79. The lowest BCUT2D eigenvalue weighted by Gasteiger charge is -2.24. The van der Waals surface area contributed by atoms with Crippen LogP contribution in [0.25, 0.3) is 0 Å². The number of anilines is 2. The zero-order valence-electron chi connectivity index (χ0n) is 15.7. The lowest BCUT2D eigenvalue weighted by atomic mass is 9.86. The molecule has 0 spiro atoms. The molecule has 2 rings (SSSR count). The zero-order valence-corrected chi connectivity index (χ0v) is 16.4. The van der Waals surface area contributed by atoms with Crippen LogP contribution < -0.4 is 10.2 Å². The number of hydrogen-bond acceptors (Lipinski definition) is 2. The number of rotatable bonds is 5. The molecule has 0 saturated carbocycles. The van der Waals surface area contributed by atoms with E-state index in [1.54, 1.807) is 18.2 Å². The van der Waals surface area contributed by atoms with Gasteiger partial charge in [-0.3, -0.25) is 9.59 Å². The summed E-state index contributed by atoms with van der Waals surface area (Å²) in [5.41, 5.74) is 2.41. The standard InChI is InChI=1S/C21H25ClN2O2/c1-15(25)24(19-12-8-6-10-17(19)22)14-13-20(26)23-18-11-7-5-9-16(18)21(2,3)4/h5-12H,13-14H2,1-4H3,(H,23,26). The van der Waals surface area contributed by atoms with Crippen LogP contribution in [0.1, 0.15) is 39.7 Å². The van der Waals surface area contributed by atoms with Crippen molar-refractivity contribution in [2.45, 2.75) is 39.5 Å².